The molecule has 0 saturated heterocycles. The molecule has 0 saturated carbocycles. The van der Waals surface area contributed by atoms with E-state index < -0.39 is 17.1 Å². The Labute approximate surface area is 111 Å². The molecule has 0 heterocycles. The van der Waals surface area contributed by atoms with E-state index in [1.807, 2.05) is 0 Å². The van der Waals surface area contributed by atoms with Crippen LogP contribution in [0.25, 0.3) is 0 Å². The van der Waals surface area contributed by atoms with Gasteiger partial charge in [-0.25, -0.2) is 0 Å². The molecule has 0 unspecified atom stereocenters. The third-order valence-electron chi connectivity index (χ3n) is 1.99. The van der Waals surface area contributed by atoms with E-state index in [-0.39, 0.29) is 22.0 Å². The second-order valence-electron chi connectivity index (χ2n) is 3.22. The Morgan fingerprint density at radius 3 is 2.06 bits per heavy atom. The molecular weight excluding hydrogens is 297 g/mol. The van der Waals surface area contributed by atoms with E-state index in [1.165, 1.54) is 0 Å². The zero-order valence-electron chi connectivity index (χ0n) is 8.15. The number of nitrogens with zero attached hydrogens (tertiary/aromatic N) is 1. The first-order chi connectivity index (χ1) is 7.75. The van der Waals surface area contributed by atoms with Crippen molar-refractivity contribution in [2.75, 3.05) is 0 Å². The molecule has 1 rings (SSSR count). The van der Waals surface area contributed by atoms with Crippen LogP contribution in [0.2, 0.25) is 10.0 Å². The molecule has 1 aromatic rings. The molecule has 0 aliphatic rings. The Balaban J connectivity index is 3.17. The van der Waals surface area contributed by atoms with Crippen LogP contribution in [-0.2, 0) is 12.6 Å². The Hall–Kier alpha value is -0.630. The smallest absolute Gasteiger partial charge is 0.197 e. The number of hydrogen-bond donors (Lipinski definition) is 0. The van der Waals surface area contributed by atoms with E-state index >= 15 is 0 Å². The van der Waals surface area contributed by atoms with Gasteiger partial charge in [0.1, 0.15) is 5.38 Å². The molecule has 1 aromatic carbocycles. The van der Waals surface area contributed by atoms with E-state index in [1.54, 1.807) is 6.07 Å². The van der Waals surface area contributed by atoms with Gasteiger partial charge in [0.15, 0.2) is 0 Å². The molecule has 1 nitrogen and oxygen atoms in total. The fraction of sp³-hybridized carbons (Fsp3) is 0.300. The predicted molar refractivity (Wildman–Crippen MR) is 60.4 cm³/mol. The Bertz CT molecular complexity index is 442. The SMILES string of the molecule is N#C[C@H](Cl)Cc1c(Cl)cc(C(F)(F)F)cc1Cl. The predicted octanol–water partition coefficient (Wildman–Crippen LogP) is 4.69. The van der Waals surface area contributed by atoms with Gasteiger partial charge >= 0.3 is 6.18 Å². The third-order valence-corrected chi connectivity index (χ3v) is 2.92. The molecule has 7 heteroatoms. The van der Waals surface area contributed by atoms with Crippen LogP contribution in [0.5, 0.6) is 0 Å². The van der Waals surface area contributed by atoms with Gasteiger partial charge < -0.3 is 0 Å². The fourth-order valence-electron chi connectivity index (χ4n) is 1.19. The maximum Gasteiger partial charge on any atom is 0.416 e. The van der Waals surface area contributed by atoms with Gasteiger partial charge in [0.2, 0.25) is 0 Å². The highest BCUT2D eigenvalue weighted by atomic mass is 35.5. The average molecular weight is 303 g/mol. The van der Waals surface area contributed by atoms with Crippen molar-refractivity contribution in [3.8, 4) is 6.07 Å². The summed E-state index contributed by atoms with van der Waals surface area (Å²) in [6, 6.07) is 3.27. The van der Waals surface area contributed by atoms with Crippen LogP contribution in [0, 0.1) is 11.3 Å². The van der Waals surface area contributed by atoms with Crippen molar-refractivity contribution in [2.45, 2.75) is 18.0 Å². The van der Waals surface area contributed by atoms with Crippen molar-refractivity contribution < 1.29 is 13.2 Å². The third kappa shape index (κ3) is 3.67. The second kappa shape index (κ2) is 5.34. The van der Waals surface area contributed by atoms with Gasteiger partial charge in [0.05, 0.1) is 11.6 Å². The number of nitriles is 1. The summed E-state index contributed by atoms with van der Waals surface area (Å²) in [6.07, 6.45) is -4.52. The highest BCUT2D eigenvalue weighted by Gasteiger charge is 2.32. The van der Waals surface area contributed by atoms with Crippen LogP contribution in [0.3, 0.4) is 0 Å². The topological polar surface area (TPSA) is 23.8 Å². The quantitative estimate of drug-likeness (QED) is 0.727. The van der Waals surface area contributed by atoms with Crippen LogP contribution in [0.1, 0.15) is 11.1 Å². The average Bonchev–Trinajstić information content (AvgIpc) is 2.21. The van der Waals surface area contributed by atoms with Crippen LogP contribution >= 0.6 is 34.8 Å². The number of hydrogen-bond acceptors (Lipinski definition) is 1. The Kier molecular flexibility index (Phi) is 4.54. The molecular formula is C10H5Cl3F3N. The summed E-state index contributed by atoms with van der Waals surface area (Å²) in [7, 11) is 0. The molecule has 0 aromatic heterocycles. The van der Waals surface area contributed by atoms with Crippen molar-refractivity contribution in [1.82, 2.24) is 0 Å². The minimum absolute atomic E-state index is 0.00609. The summed E-state index contributed by atoms with van der Waals surface area (Å²) in [5.41, 5.74) is -0.692. The summed E-state index contributed by atoms with van der Waals surface area (Å²) in [6.45, 7) is 0. The van der Waals surface area contributed by atoms with Gasteiger partial charge in [-0.3, -0.25) is 0 Å². The first-order valence-electron chi connectivity index (χ1n) is 4.34. The highest BCUT2D eigenvalue weighted by molar-refractivity contribution is 6.36. The molecule has 0 N–H and O–H groups in total. The lowest BCUT2D eigenvalue weighted by molar-refractivity contribution is -0.137. The molecule has 0 aliphatic heterocycles. The summed E-state index contributed by atoms with van der Waals surface area (Å²) in [4.78, 5) is 0. The minimum Gasteiger partial charge on any atom is -0.197 e. The number of halogens is 6. The van der Waals surface area contributed by atoms with Gasteiger partial charge in [0, 0.05) is 16.5 Å². The fourth-order valence-corrected chi connectivity index (χ4v) is 1.98. The number of benzene rings is 1. The zero-order chi connectivity index (χ0) is 13.2. The van der Waals surface area contributed by atoms with E-state index in [0.717, 1.165) is 12.1 Å². The van der Waals surface area contributed by atoms with E-state index in [2.05, 4.69) is 0 Å². The highest BCUT2D eigenvalue weighted by Crippen LogP contribution is 2.36. The van der Waals surface area contributed by atoms with Crippen molar-refractivity contribution >= 4 is 34.8 Å². The van der Waals surface area contributed by atoms with Crippen LogP contribution in [-0.4, -0.2) is 5.38 Å². The summed E-state index contributed by atoms with van der Waals surface area (Å²) >= 11 is 17.0. The van der Waals surface area contributed by atoms with Gasteiger partial charge in [-0.1, -0.05) is 23.2 Å². The lowest BCUT2D eigenvalue weighted by atomic mass is 10.1. The molecule has 0 radical (unpaired) electrons. The molecule has 1 atom stereocenters. The first kappa shape index (κ1) is 14.4. The van der Waals surface area contributed by atoms with Crippen LogP contribution < -0.4 is 0 Å². The molecule has 0 fully saturated rings. The molecule has 92 valence electrons. The van der Waals surface area contributed by atoms with Gasteiger partial charge in [-0.15, -0.1) is 11.6 Å². The van der Waals surface area contributed by atoms with Crippen molar-refractivity contribution in [3.63, 3.8) is 0 Å². The van der Waals surface area contributed by atoms with Crippen molar-refractivity contribution in [3.05, 3.63) is 33.3 Å². The number of rotatable bonds is 2. The van der Waals surface area contributed by atoms with Crippen molar-refractivity contribution in [1.29, 1.82) is 5.26 Å². The molecule has 17 heavy (non-hydrogen) atoms. The standard InChI is InChI=1S/C10H5Cl3F3N/c11-6(4-17)3-7-8(12)1-5(2-9(7)13)10(14,15)16/h1-2,6H,3H2/t6-/m1/s1. The minimum atomic E-state index is -4.51. The normalized spacial score (nSPS) is 13.2. The largest absolute Gasteiger partial charge is 0.416 e. The Morgan fingerprint density at radius 2 is 1.71 bits per heavy atom. The van der Waals surface area contributed by atoms with E-state index in [4.69, 9.17) is 40.1 Å². The van der Waals surface area contributed by atoms with Crippen LogP contribution in [0.4, 0.5) is 13.2 Å². The van der Waals surface area contributed by atoms with Gasteiger partial charge in [-0.05, 0) is 17.7 Å². The van der Waals surface area contributed by atoms with Crippen molar-refractivity contribution in [2.24, 2.45) is 0 Å². The van der Waals surface area contributed by atoms with E-state index in [0.29, 0.717) is 0 Å². The molecule has 0 aliphatic carbocycles. The summed E-state index contributed by atoms with van der Waals surface area (Å²) in [5, 5.41) is 7.33. The first-order valence-corrected chi connectivity index (χ1v) is 5.53. The lowest BCUT2D eigenvalue weighted by Gasteiger charge is -2.12. The Morgan fingerprint density at radius 1 is 1.24 bits per heavy atom. The summed E-state index contributed by atoms with van der Waals surface area (Å²) in [5.74, 6) is 0. The maximum atomic E-state index is 12.4. The maximum absolute atomic E-state index is 12.4. The lowest BCUT2D eigenvalue weighted by Crippen LogP contribution is -2.07. The molecule has 0 amide bonds. The summed E-state index contributed by atoms with van der Waals surface area (Å²) < 4.78 is 37.2. The monoisotopic (exact) mass is 301 g/mol. The molecule has 0 bridgehead atoms. The zero-order valence-corrected chi connectivity index (χ0v) is 10.4. The van der Waals surface area contributed by atoms with Gasteiger partial charge in [-0.2, -0.15) is 18.4 Å². The number of alkyl halides is 4. The molecule has 0 spiro atoms. The van der Waals surface area contributed by atoms with E-state index in [9.17, 15) is 13.2 Å². The van der Waals surface area contributed by atoms with Gasteiger partial charge in [0.25, 0.3) is 0 Å². The van der Waals surface area contributed by atoms with Crippen LogP contribution in [0.15, 0.2) is 12.1 Å². The second-order valence-corrected chi connectivity index (χ2v) is 4.56.